The summed E-state index contributed by atoms with van der Waals surface area (Å²) >= 11 is 0. The van der Waals surface area contributed by atoms with Gasteiger partial charge in [0.05, 0.1) is 0 Å². The second-order valence-electron chi connectivity index (χ2n) is 9.90. The van der Waals surface area contributed by atoms with Crippen molar-refractivity contribution in [2.45, 2.75) is 137 Å². The third kappa shape index (κ3) is 5.31. The molecule has 2 aliphatic rings. The molecule has 1 saturated heterocycles. The molecule has 0 radical (unpaired) electrons. The smallest absolute Gasteiger partial charge is 0.114 e. The first-order valence-electron chi connectivity index (χ1n) is 13.2. The second kappa shape index (κ2) is 12.2. The van der Waals surface area contributed by atoms with E-state index in [2.05, 4.69) is 52.8 Å². The van der Waals surface area contributed by atoms with Gasteiger partial charge in [-0.15, -0.1) is 0 Å². The number of rotatable bonds is 15. The molecule has 1 nitrogen and oxygen atoms in total. The van der Waals surface area contributed by atoms with Gasteiger partial charge in [-0.1, -0.05) is 98.1 Å². The Bertz CT molecular complexity index is 498. The highest BCUT2D eigenvalue weighted by molar-refractivity contribution is 5.30. The molecule has 0 aromatic carbocycles. The average Bonchev–Trinajstić information content (AvgIpc) is 3.20. The van der Waals surface area contributed by atoms with Gasteiger partial charge in [0.2, 0.25) is 0 Å². The molecular weight excluding hydrogens is 352 g/mol. The number of hydrogen-bond donors (Lipinski definition) is 0. The van der Waals surface area contributed by atoms with E-state index in [1.807, 2.05) is 0 Å². The Labute approximate surface area is 182 Å². The van der Waals surface area contributed by atoms with Crippen LogP contribution in [0.5, 0.6) is 0 Å². The first-order chi connectivity index (χ1) is 14.1. The van der Waals surface area contributed by atoms with Crippen molar-refractivity contribution in [1.82, 2.24) is 0 Å². The minimum absolute atomic E-state index is 0.0517. The zero-order chi connectivity index (χ0) is 21.2. The van der Waals surface area contributed by atoms with Crippen LogP contribution in [0.15, 0.2) is 24.0 Å². The Hall–Kier alpha value is -0.720. The number of allylic oxidation sites excluding steroid dienone is 3. The van der Waals surface area contributed by atoms with Gasteiger partial charge in [-0.3, -0.25) is 0 Å². The lowest BCUT2D eigenvalue weighted by atomic mass is 9.51. The predicted octanol–water partition coefficient (Wildman–Crippen LogP) is 9.38. The molecule has 0 saturated carbocycles. The topological polar surface area (TPSA) is 9.23 Å². The predicted molar refractivity (Wildman–Crippen MR) is 128 cm³/mol. The fraction of sp³-hybridized carbons (Fsp3) is 0.857. The lowest BCUT2D eigenvalue weighted by Crippen LogP contribution is -2.59. The summed E-state index contributed by atoms with van der Waals surface area (Å²) in [6.07, 6.45) is 26.8. The molecule has 0 spiro atoms. The summed E-state index contributed by atoms with van der Waals surface area (Å²) in [7, 11) is 0. The summed E-state index contributed by atoms with van der Waals surface area (Å²) in [6.45, 7) is 11.8. The second-order valence-corrected chi connectivity index (χ2v) is 9.90. The summed E-state index contributed by atoms with van der Waals surface area (Å²) in [5.41, 5.74) is 0.394. The maximum atomic E-state index is 7.22. The average molecular weight is 403 g/mol. The first kappa shape index (κ1) is 24.5. The van der Waals surface area contributed by atoms with Crippen molar-refractivity contribution in [2.24, 2.45) is 17.3 Å². The third-order valence-electron chi connectivity index (χ3n) is 7.96. The Morgan fingerprint density at radius 1 is 0.724 bits per heavy atom. The maximum absolute atomic E-state index is 7.22. The Balaban J connectivity index is 2.58. The van der Waals surface area contributed by atoms with Crippen molar-refractivity contribution < 1.29 is 4.74 Å². The van der Waals surface area contributed by atoms with Crippen LogP contribution in [0.4, 0.5) is 0 Å². The van der Waals surface area contributed by atoms with Crippen molar-refractivity contribution in [3.63, 3.8) is 0 Å². The van der Waals surface area contributed by atoms with Crippen LogP contribution in [0.2, 0.25) is 0 Å². The van der Waals surface area contributed by atoms with Gasteiger partial charge in [0.15, 0.2) is 0 Å². The van der Waals surface area contributed by atoms with Crippen molar-refractivity contribution in [3.05, 3.63) is 24.0 Å². The van der Waals surface area contributed by atoms with Gasteiger partial charge >= 0.3 is 0 Å². The summed E-state index contributed by atoms with van der Waals surface area (Å²) in [5.74, 6) is 2.60. The van der Waals surface area contributed by atoms with Crippen LogP contribution in [-0.4, -0.2) is 5.60 Å². The molecule has 1 aliphatic carbocycles. The molecule has 2 rings (SSSR count). The van der Waals surface area contributed by atoms with E-state index in [4.69, 9.17) is 4.74 Å². The summed E-state index contributed by atoms with van der Waals surface area (Å²) in [6, 6.07) is 0. The SMILES string of the molecule is CCCCC1C2C=CC=C2OC(CCCC)(CCCC)C1(CCCC)CCCC. The van der Waals surface area contributed by atoms with Gasteiger partial charge < -0.3 is 4.74 Å². The van der Waals surface area contributed by atoms with Crippen molar-refractivity contribution in [2.75, 3.05) is 0 Å². The fourth-order valence-electron chi connectivity index (χ4n) is 6.38. The standard InChI is InChI=1S/C28H50O/c1-6-11-18-25-24-17-16-19-26(24)29-28(22-14-9-4,23-15-10-5)27(25,20-12-7-2)21-13-8-3/h16-17,19,24-25H,6-15,18,20-23H2,1-5H3. The van der Waals surface area contributed by atoms with Crippen molar-refractivity contribution in [1.29, 1.82) is 0 Å². The maximum Gasteiger partial charge on any atom is 0.114 e. The fourth-order valence-corrected chi connectivity index (χ4v) is 6.38. The molecule has 1 heterocycles. The highest BCUT2D eigenvalue weighted by Crippen LogP contribution is 2.63. The van der Waals surface area contributed by atoms with Gasteiger partial charge in [-0.05, 0) is 56.9 Å². The molecule has 0 aromatic rings. The minimum atomic E-state index is 0.0517. The van der Waals surface area contributed by atoms with Gasteiger partial charge in [-0.25, -0.2) is 0 Å². The molecule has 1 heteroatoms. The van der Waals surface area contributed by atoms with Crippen molar-refractivity contribution in [3.8, 4) is 0 Å². The zero-order valence-corrected chi connectivity index (χ0v) is 20.4. The highest BCUT2D eigenvalue weighted by atomic mass is 16.5. The number of ether oxygens (including phenoxy) is 1. The molecule has 29 heavy (non-hydrogen) atoms. The van der Waals surface area contributed by atoms with Gasteiger partial charge in [0.1, 0.15) is 11.4 Å². The lowest BCUT2D eigenvalue weighted by Gasteiger charge is -2.61. The van der Waals surface area contributed by atoms with Crippen LogP contribution in [-0.2, 0) is 4.74 Å². The number of fused-ring (bicyclic) bond motifs is 1. The van der Waals surface area contributed by atoms with E-state index < -0.39 is 0 Å². The zero-order valence-electron chi connectivity index (χ0n) is 20.4. The van der Waals surface area contributed by atoms with Gasteiger partial charge in [0.25, 0.3) is 0 Å². The van der Waals surface area contributed by atoms with Gasteiger partial charge in [-0.2, -0.15) is 0 Å². The quantitative estimate of drug-likeness (QED) is 0.265. The molecule has 2 atom stereocenters. The van der Waals surface area contributed by atoms with E-state index in [0.717, 1.165) is 5.92 Å². The number of unbranched alkanes of at least 4 members (excludes halogenated alkanes) is 5. The highest BCUT2D eigenvalue weighted by Gasteiger charge is 2.60. The van der Waals surface area contributed by atoms with Crippen LogP contribution in [0.1, 0.15) is 131 Å². The summed E-state index contributed by atoms with van der Waals surface area (Å²) in [5, 5.41) is 0. The monoisotopic (exact) mass is 402 g/mol. The molecule has 1 fully saturated rings. The molecule has 0 bridgehead atoms. The molecular formula is C28H50O. The molecule has 1 aliphatic heterocycles. The van der Waals surface area contributed by atoms with E-state index in [0.29, 0.717) is 11.3 Å². The first-order valence-corrected chi connectivity index (χ1v) is 13.2. The molecule has 0 N–H and O–H groups in total. The molecule has 0 amide bonds. The van der Waals surface area contributed by atoms with Crippen LogP contribution in [0.3, 0.4) is 0 Å². The normalized spacial score (nSPS) is 24.2. The third-order valence-corrected chi connectivity index (χ3v) is 7.96. The van der Waals surface area contributed by atoms with Crippen LogP contribution in [0.25, 0.3) is 0 Å². The molecule has 168 valence electrons. The molecule has 0 aromatic heterocycles. The lowest BCUT2D eigenvalue weighted by molar-refractivity contribution is -0.200. The molecule has 2 unspecified atom stereocenters. The summed E-state index contributed by atoms with van der Waals surface area (Å²) in [4.78, 5) is 0. The van der Waals surface area contributed by atoms with E-state index in [1.165, 1.54) is 102 Å². The Morgan fingerprint density at radius 3 is 1.76 bits per heavy atom. The minimum Gasteiger partial charge on any atom is -0.490 e. The van der Waals surface area contributed by atoms with E-state index in [-0.39, 0.29) is 5.60 Å². The van der Waals surface area contributed by atoms with E-state index in [1.54, 1.807) is 0 Å². The largest absolute Gasteiger partial charge is 0.490 e. The van der Waals surface area contributed by atoms with Crippen LogP contribution >= 0.6 is 0 Å². The van der Waals surface area contributed by atoms with E-state index in [9.17, 15) is 0 Å². The Morgan fingerprint density at radius 2 is 1.24 bits per heavy atom. The van der Waals surface area contributed by atoms with Crippen LogP contribution in [0, 0.1) is 17.3 Å². The van der Waals surface area contributed by atoms with Crippen LogP contribution < -0.4 is 0 Å². The van der Waals surface area contributed by atoms with Gasteiger partial charge in [0, 0.05) is 11.3 Å². The Kier molecular flexibility index (Phi) is 10.3. The van der Waals surface area contributed by atoms with Crippen molar-refractivity contribution >= 4 is 0 Å². The van der Waals surface area contributed by atoms with E-state index >= 15 is 0 Å². The summed E-state index contributed by atoms with van der Waals surface area (Å²) < 4.78 is 7.22. The number of hydrogen-bond acceptors (Lipinski definition) is 1.